The minimum Gasteiger partial charge on any atom is -0.395 e. The third kappa shape index (κ3) is 0.815. The standard InChI is InChI=1S/C6H8N4O2/c7-1-2(8)4(10)6(12)5(11)3(1)9/h7-10H2. The van der Waals surface area contributed by atoms with Gasteiger partial charge in [0.15, 0.2) is 0 Å². The third-order valence-corrected chi connectivity index (χ3v) is 1.57. The van der Waals surface area contributed by atoms with E-state index in [1.807, 2.05) is 0 Å². The van der Waals surface area contributed by atoms with E-state index in [9.17, 15) is 9.59 Å². The van der Waals surface area contributed by atoms with Crippen LogP contribution in [0.5, 0.6) is 0 Å². The van der Waals surface area contributed by atoms with Crippen LogP contribution in [0.3, 0.4) is 0 Å². The molecule has 1 rings (SSSR count). The van der Waals surface area contributed by atoms with Crippen LogP contribution in [-0.4, -0.2) is 11.6 Å². The zero-order valence-corrected chi connectivity index (χ0v) is 6.13. The maximum absolute atomic E-state index is 10.9. The predicted octanol–water partition coefficient (Wildman–Crippen LogP) is -2.60. The largest absolute Gasteiger partial charge is 0.395 e. The lowest BCUT2D eigenvalue weighted by Crippen LogP contribution is -2.37. The van der Waals surface area contributed by atoms with Gasteiger partial charge in [-0.05, 0) is 0 Å². The van der Waals surface area contributed by atoms with Crippen LogP contribution in [0.25, 0.3) is 0 Å². The molecule has 64 valence electrons. The Morgan fingerprint density at radius 2 is 0.833 bits per heavy atom. The number of hydrogen-bond donors (Lipinski definition) is 4. The first-order chi connectivity index (χ1) is 5.46. The van der Waals surface area contributed by atoms with E-state index in [2.05, 4.69) is 0 Å². The lowest BCUT2D eigenvalue weighted by atomic mass is 10.0. The molecule has 0 aliphatic heterocycles. The Hall–Kier alpha value is -1.98. The molecule has 0 aromatic heterocycles. The zero-order chi connectivity index (χ0) is 9.46. The highest BCUT2D eigenvalue weighted by molar-refractivity contribution is 6.49. The van der Waals surface area contributed by atoms with Crippen molar-refractivity contribution in [1.82, 2.24) is 0 Å². The highest BCUT2D eigenvalue weighted by Crippen LogP contribution is 2.12. The minimum atomic E-state index is -0.904. The van der Waals surface area contributed by atoms with Gasteiger partial charge >= 0.3 is 0 Å². The second-order valence-electron chi connectivity index (χ2n) is 2.31. The second-order valence-corrected chi connectivity index (χ2v) is 2.31. The van der Waals surface area contributed by atoms with Gasteiger partial charge in [0.1, 0.15) is 11.4 Å². The van der Waals surface area contributed by atoms with E-state index in [0.717, 1.165) is 0 Å². The molecule has 0 aromatic rings. The summed E-state index contributed by atoms with van der Waals surface area (Å²) in [4.78, 5) is 21.8. The van der Waals surface area contributed by atoms with E-state index in [0.29, 0.717) is 0 Å². The lowest BCUT2D eigenvalue weighted by Gasteiger charge is -2.13. The summed E-state index contributed by atoms with van der Waals surface area (Å²) in [5, 5.41) is 0. The number of rotatable bonds is 0. The van der Waals surface area contributed by atoms with Crippen molar-refractivity contribution in [3.63, 3.8) is 0 Å². The van der Waals surface area contributed by atoms with Gasteiger partial charge in [0, 0.05) is 0 Å². The molecule has 0 amide bonds. The topological polar surface area (TPSA) is 138 Å². The summed E-state index contributed by atoms with van der Waals surface area (Å²) >= 11 is 0. The average molecular weight is 168 g/mol. The summed E-state index contributed by atoms with van der Waals surface area (Å²) in [5.41, 5.74) is 20.0. The third-order valence-electron chi connectivity index (χ3n) is 1.57. The van der Waals surface area contributed by atoms with E-state index in [1.54, 1.807) is 0 Å². The van der Waals surface area contributed by atoms with Crippen LogP contribution in [0.1, 0.15) is 0 Å². The smallest absolute Gasteiger partial charge is 0.252 e. The van der Waals surface area contributed by atoms with Gasteiger partial charge in [-0.25, -0.2) is 0 Å². The Morgan fingerprint density at radius 1 is 0.583 bits per heavy atom. The van der Waals surface area contributed by atoms with Gasteiger partial charge < -0.3 is 22.9 Å². The fourth-order valence-corrected chi connectivity index (χ4v) is 0.779. The van der Waals surface area contributed by atoms with Crippen molar-refractivity contribution in [3.8, 4) is 0 Å². The fraction of sp³-hybridized carbons (Fsp3) is 0. The molecule has 0 saturated carbocycles. The number of ketones is 2. The van der Waals surface area contributed by atoms with E-state index in [4.69, 9.17) is 22.9 Å². The van der Waals surface area contributed by atoms with Crippen molar-refractivity contribution < 1.29 is 9.59 Å². The summed E-state index contributed by atoms with van der Waals surface area (Å²) in [5.74, 6) is -1.81. The Kier molecular flexibility index (Phi) is 1.53. The molecule has 0 aromatic carbocycles. The number of hydrogen-bond acceptors (Lipinski definition) is 6. The molecule has 1 aliphatic carbocycles. The van der Waals surface area contributed by atoms with Crippen molar-refractivity contribution in [3.05, 3.63) is 22.8 Å². The van der Waals surface area contributed by atoms with Gasteiger partial charge in [-0.3, -0.25) is 9.59 Å². The van der Waals surface area contributed by atoms with Crippen molar-refractivity contribution >= 4 is 11.6 Å². The molecule has 6 heteroatoms. The molecule has 0 radical (unpaired) electrons. The van der Waals surface area contributed by atoms with Gasteiger partial charge in [-0.1, -0.05) is 0 Å². The molecule has 0 spiro atoms. The van der Waals surface area contributed by atoms with Crippen LogP contribution in [0.15, 0.2) is 22.8 Å². The van der Waals surface area contributed by atoms with E-state index in [-0.39, 0.29) is 22.8 Å². The number of carbonyl (C=O) groups excluding carboxylic acids is 2. The van der Waals surface area contributed by atoms with Crippen LogP contribution in [-0.2, 0) is 9.59 Å². The Balaban J connectivity index is 3.37. The van der Waals surface area contributed by atoms with Crippen molar-refractivity contribution in [2.45, 2.75) is 0 Å². The maximum atomic E-state index is 10.9. The van der Waals surface area contributed by atoms with Gasteiger partial charge in [-0.15, -0.1) is 0 Å². The number of Topliss-reactive ketones (excluding diaryl/α,β-unsaturated/α-hetero) is 2. The molecule has 0 fully saturated rings. The molecule has 8 N–H and O–H groups in total. The second kappa shape index (κ2) is 2.26. The molecule has 0 bridgehead atoms. The summed E-state index contributed by atoms with van der Waals surface area (Å²) in [6.45, 7) is 0. The normalized spacial score (nSPS) is 19.0. The summed E-state index contributed by atoms with van der Waals surface area (Å²) in [6.07, 6.45) is 0. The molecule has 12 heavy (non-hydrogen) atoms. The van der Waals surface area contributed by atoms with Crippen LogP contribution >= 0.6 is 0 Å². The van der Waals surface area contributed by atoms with Gasteiger partial charge in [0.2, 0.25) is 0 Å². The van der Waals surface area contributed by atoms with Crippen molar-refractivity contribution in [2.24, 2.45) is 22.9 Å². The molecule has 0 saturated heterocycles. The fourth-order valence-electron chi connectivity index (χ4n) is 0.779. The first kappa shape index (κ1) is 8.12. The van der Waals surface area contributed by atoms with Gasteiger partial charge in [0.05, 0.1) is 11.4 Å². The molecule has 0 atom stereocenters. The molecular weight excluding hydrogens is 160 g/mol. The summed E-state index contributed by atoms with van der Waals surface area (Å²) in [6, 6.07) is 0. The number of allylic oxidation sites excluding steroid dienone is 2. The van der Waals surface area contributed by atoms with Crippen LogP contribution < -0.4 is 22.9 Å². The Bertz CT molecular complexity index is 290. The van der Waals surface area contributed by atoms with E-state index >= 15 is 0 Å². The Labute approximate surface area is 67.9 Å². The van der Waals surface area contributed by atoms with Crippen LogP contribution in [0.2, 0.25) is 0 Å². The first-order valence-corrected chi connectivity index (χ1v) is 3.06. The first-order valence-electron chi connectivity index (χ1n) is 3.06. The molecular formula is C6H8N4O2. The highest BCUT2D eigenvalue weighted by atomic mass is 16.2. The highest BCUT2D eigenvalue weighted by Gasteiger charge is 2.29. The molecule has 0 heterocycles. The zero-order valence-electron chi connectivity index (χ0n) is 6.13. The Morgan fingerprint density at radius 3 is 1.08 bits per heavy atom. The maximum Gasteiger partial charge on any atom is 0.252 e. The monoisotopic (exact) mass is 168 g/mol. The van der Waals surface area contributed by atoms with Crippen LogP contribution in [0, 0.1) is 0 Å². The van der Waals surface area contributed by atoms with E-state index < -0.39 is 11.6 Å². The molecule has 0 unspecified atom stereocenters. The van der Waals surface area contributed by atoms with Crippen molar-refractivity contribution in [2.75, 3.05) is 0 Å². The summed E-state index contributed by atoms with van der Waals surface area (Å²) in [7, 11) is 0. The predicted molar refractivity (Wildman–Crippen MR) is 40.8 cm³/mol. The molecule has 1 aliphatic rings. The minimum absolute atomic E-state index is 0.128. The lowest BCUT2D eigenvalue weighted by molar-refractivity contribution is -0.132. The van der Waals surface area contributed by atoms with Crippen LogP contribution in [0.4, 0.5) is 0 Å². The van der Waals surface area contributed by atoms with Gasteiger partial charge in [0.25, 0.3) is 11.6 Å². The van der Waals surface area contributed by atoms with Crippen molar-refractivity contribution in [1.29, 1.82) is 0 Å². The SMILES string of the molecule is NC1=C(N)C(N)=C(N)C(=O)C1=O. The number of carbonyl (C=O) groups is 2. The quantitative estimate of drug-likeness (QED) is 0.231. The summed E-state index contributed by atoms with van der Waals surface area (Å²) < 4.78 is 0. The van der Waals surface area contributed by atoms with Gasteiger partial charge in [-0.2, -0.15) is 0 Å². The van der Waals surface area contributed by atoms with E-state index in [1.165, 1.54) is 0 Å². The number of nitrogens with two attached hydrogens (primary N) is 4. The molecule has 6 nitrogen and oxygen atoms in total. The average Bonchev–Trinajstić information content (AvgIpc) is 2.08.